The Morgan fingerprint density at radius 1 is 1.17 bits per heavy atom. The SMILES string of the molecule is Cc1ccc2oc(-c3c(N)cccc3Cl)nc2n1. The van der Waals surface area contributed by atoms with Gasteiger partial charge in [0.1, 0.15) is 0 Å². The van der Waals surface area contributed by atoms with Gasteiger partial charge in [0, 0.05) is 11.4 Å². The largest absolute Gasteiger partial charge is 0.434 e. The van der Waals surface area contributed by atoms with Crippen LogP contribution in [0.25, 0.3) is 22.7 Å². The molecule has 0 spiro atoms. The number of nitrogen functional groups attached to an aromatic ring is 1. The smallest absolute Gasteiger partial charge is 0.232 e. The van der Waals surface area contributed by atoms with Crippen molar-refractivity contribution in [1.82, 2.24) is 9.97 Å². The summed E-state index contributed by atoms with van der Waals surface area (Å²) in [4.78, 5) is 8.62. The monoisotopic (exact) mass is 259 g/mol. The van der Waals surface area contributed by atoms with Crippen LogP contribution in [-0.2, 0) is 0 Å². The number of anilines is 1. The zero-order valence-electron chi connectivity index (χ0n) is 9.64. The van der Waals surface area contributed by atoms with E-state index in [-0.39, 0.29) is 0 Å². The minimum absolute atomic E-state index is 0.395. The average Bonchev–Trinajstić information content (AvgIpc) is 2.71. The number of fused-ring (bicyclic) bond motifs is 1. The highest BCUT2D eigenvalue weighted by Gasteiger charge is 2.15. The number of aryl methyl sites for hydroxylation is 1. The van der Waals surface area contributed by atoms with Crippen molar-refractivity contribution in [2.24, 2.45) is 0 Å². The second-order valence-electron chi connectivity index (χ2n) is 4.00. The summed E-state index contributed by atoms with van der Waals surface area (Å²) in [5, 5.41) is 0.512. The molecule has 90 valence electrons. The van der Waals surface area contributed by atoms with E-state index in [1.807, 2.05) is 19.1 Å². The number of hydrogen-bond acceptors (Lipinski definition) is 4. The van der Waals surface area contributed by atoms with Crippen molar-refractivity contribution >= 4 is 28.5 Å². The lowest BCUT2D eigenvalue weighted by Gasteiger charge is -2.02. The van der Waals surface area contributed by atoms with Crippen LogP contribution in [0.1, 0.15) is 5.69 Å². The number of rotatable bonds is 1. The van der Waals surface area contributed by atoms with E-state index in [0.717, 1.165) is 5.69 Å². The molecule has 1 aromatic carbocycles. The second kappa shape index (κ2) is 3.99. The fourth-order valence-corrected chi connectivity index (χ4v) is 2.05. The Kier molecular flexibility index (Phi) is 2.45. The standard InChI is InChI=1S/C13H10ClN3O/c1-7-5-6-10-12(16-7)17-13(18-10)11-8(14)3-2-4-9(11)15/h2-6H,15H2,1H3. The molecule has 2 aromatic heterocycles. The number of aromatic nitrogens is 2. The van der Waals surface area contributed by atoms with Crippen LogP contribution in [0.3, 0.4) is 0 Å². The average molecular weight is 260 g/mol. The fraction of sp³-hybridized carbons (Fsp3) is 0.0769. The van der Waals surface area contributed by atoms with E-state index >= 15 is 0 Å². The zero-order chi connectivity index (χ0) is 12.7. The first kappa shape index (κ1) is 11.0. The molecular weight excluding hydrogens is 250 g/mol. The van der Waals surface area contributed by atoms with Gasteiger partial charge in [-0.1, -0.05) is 17.7 Å². The topological polar surface area (TPSA) is 64.9 Å². The van der Waals surface area contributed by atoms with E-state index in [4.69, 9.17) is 21.8 Å². The molecule has 0 aliphatic carbocycles. The van der Waals surface area contributed by atoms with Gasteiger partial charge >= 0.3 is 0 Å². The van der Waals surface area contributed by atoms with Gasteiger partial charge in [-0.2, -0.15) is 4.98 Å². The summed E-state index contributed by atoms with van der Waals surface area (Å²) in [6.07, 6.45) is 0. The summed E-state index contributed by atoms with van der Waals surface area (Å²) in [6.45, 7) is 1.90. The molecule has 0 amide bonds. The number of hydrogen-bond donors (Lipinski definition) is 1. The van der Waals surface area contributed by atoms with Gasteiger partial charge in [0.05, 0.1) is 10.6 Å². The lowest BCUT2D eigenvalue weighted by molar-refractivity contribution is 0.620. The predicted octanol–water partition coefficient (Wildman–Crippen LogP) is 3.43. The Bertz CT molecular complexity index is 716. The molecule has 2 heterocycles. The fourth-order valence-electron chi connectivity index (χ4n) is 1.79. The third kappa shape index (κ3) is 1.71. The van der Waals surface area contributed by atoms with Crippen molar-refractivity contribution in [2.75, 3.05) is 5.73 Å². The van der Waals surface area contributed by atoms with Crippen LogP contribution < -0.4 is 5.73 Å². The molecule has 3 aromatic rings. The third-order valence-corrected chi connectivity index (χ3v) is 2.97. The molecule has 0 aliphatic heterocycles. The Hall–Kier alpha value is -2.07. The molecule has 0 saturated heterocycles. The zero-order valence-corrected chi connectivity index (χ0v) is 10.4. The summed E-state index contributed by atoms with van der Waals surface area (Å²) in [5.74, 6) is 0.395. The Balaban J connectivity index is 2.26. The number of pyridine rings is 1. The predicted molar refractivity (Wildman–Crippen MR) is 71.4 cm³/mol. The van der Waals surface area contributed by atoms with Crippen LogP contribution in [0.5, 0.6) is 0 Å². The van der Waals surface area contributed by atoms with E-state index in [1.54, 1.807) is 18.2 Å². The second-order valence-corrected chi connectivity index (χ2v) is 4.40. The van der Waals surface area contributed by atoms with Gasteiger partial charge in [0.2, 0.25) is 5.89 Å². The van der Waals surface area contributed by atoms with Gasteiger partial charge < -0.3 is 10.2 Å². The summed E-state index contributed by atoms with van der Waals surface area (Å²) < 4.78 is 5.63. The van der Waals surface area contributed by atoms with Gasteiger partial charge in [-0.05, 0) is 31.2 Å². The molecule has 0 unspecified atom stereocenters. The minimum Gasteiger partial charge on any atom is -0.434 e. The van der Waals surface area contributed by atoms with Crippen molar-refractivity contribution in [3.8, 4) is 11.5 Å². The number of halogens is 1. The molecule has 4 nitrogen and oxygen atoms in total. The maximum atomic E-state index is 6.12. The Morgan fingerprint density at radius 2 is 2.00 bits per heavy atom. The van der Waals surface area contributed by atoms with Gasteiger partial charge in [-0.25, -0.2) is 4.98 Å². The van der Waals surface area contributed by atoms with Gasteiger partial charge in [0.25, 0.3) is 0 Å². The minimum atomic E-state index is 0.395. The van der Waals surface area contributed by atoms with Crippen LogP contribution >= 0.6 is 11.6 Å². The highest BCUT2D eigenvalue weighted by molar-refractivity contribution is 6.33. The first-order valence-electron chi connectivity index (χ1n) is 5.44. The van der Waals surface area contributed by atoms with E-state index in [0.29, 0.717) is 33.4 Å². The number of oxazole rings is 1. The molecule has 0 saturated carbocycles. The molecule has 2 N–H and O–H groups in total. The third-order valence-electron chi connectivity index (χ3n) is 2.65. The Labute approximate surface area is 108 Å². The van der Waals surface area contributed by atoms with Gasteiger partial charge in [-0.15, -0.1) is 0 Å². The normalized spacial score (nSPS) is 11.0. The van der Waals surface area contributed by atoms with Crippen molar-refractivity contribution in [3.05, 3.63) is 41.0 Å². The summed E-state index contributed by atoms with van der Waals surface area (Å²) >= 11 is 6.12. The summed E-state index contributed by atoms with van der Waals surface area (Å²) in [5.41, 5.74) is 9.10. The van der Waals surface area contributed by atoms with Gasteiger partial charge in [0.15, 0.2) is 11.2 Å². The molecule has 0 atom stereocenters. The number of nitrogens with two attached hydrogens (primary N) is 1. The van der Waals surface area contributed by atoms with Crippen LogP contribution in [0.2, 0.25) is 5.02 Å². The van der Waals surface area contributed by atoms with Crippen LogP contribution in [0.4, 0.5) is 5.69 Å². The van der Waals surface area contributed by atoms with Crippen molar-refractivity contribution in [3.63, 3.8) is 0 Å². The molecule has 18 heavy (non-hydrogen) atoms. The first-order chi connectivity index (χ1) is 8.65. The lowest BCUT2D eigenvalue weighted by Crippen LogP contribution is -1.90. The molecular formula is C13H10ClN3O. The number of nitrogens with zero attached hydrogens (tertiary/aromatic N) is 2. The van der Waals surface area contributed by atoms with E-state index in [9.17, 15) is 0 Å². The van der Waals surface area contributed by atoms with E-state index in [2.05, 4.69) is 9.97 Å². The van der Waals surface area contributed by atoms with Crippen LogP contribution in [0, 0.1) is 6.92 Å². The van der Waals surface area contributed by atoms with Crippen LogP contribution in [-0.4, -0.2) is 9.97 Å². The van der Waals surface area contributed by atoms with Crippen molar-refractivity contribution < 1.29 is 4.42 Å². The highest BCUT2D eigenvalue weighted by Crippen LogP contribution is 2.33. The summed E-state index contributed by atoms with van der Waals surface area (Å²) in [6, 6.07) is 9.00. The van der Waals surface area contributed by atoms with Crippen molar-refractivity contribution in [2.45, 2.75) is 6.92 Å². The molecule has 0 radical (unpaired) electrons. The molecule has 3 rings (SSSR count). The van der Waals surface area contributed by atoms with E-state index in [1.165, 1.54) is 0 Å². The van der Waals surface area contributed by atoms with Crippen molar-refractivity contribution in [1.29, 1.82) is 0 Å². The quantitative estimate of drug-likeness (QED) is 0.680. The molecule has 0 bridgehead atoms. The molecule has 0 aliphatic rings. The molecule has 0 fully saturated rings. The highest BCUT2D eigenvalue weighted by atomic mass is 35.5. The maximum absolute atomic E-state index is 6.12. The van der Waals surface area contributed by atoms with E-state index < -0.39 is 0 Å². The lowest BCUT2D eigenvalue weighted by atomic mass is 10.2. The van der Waals surface area contributed by atoms with Crippen LogP contribution in [0.15, 0.2) is 34.7 Å². The Morgan fingerprint density at radius 3 is 2.78 bits per heavy atom. The summed E-state index contributed by atoms with van der Waals surface area (Å²) in [7, 11) is 0. The maximum Gasteiger partial charge on any atom is 0.232 e. The number of benzene rings is 1. The van der Waals surface area contributed by atoms with Gasteiger partial charge in [-0.3, -0.25) is 0 Å². The first-order valence-corrected chi connectivity index (χ1v) is 5.81. The molecule has 5 heteroatoms.